The van der Waals surface area contributed by atoms with Crippen LogP contribution in [0.25, 0.3) is 5.65 Å². The van der Waals surface area contributed by atoms with Crippen molar-refractivity contribution < 1.29 is 0 Å². The third kappa shape index (κ3) is 3.31. The lowest BCUT2D eigenvalue weighted by atomic mass is 10.1. The molecule has 0 aliphatic carbocycles. The summed E-state index contributed by atoms with van der Waals surface area (Å²) < 4.78 is 4.18. The standard InChI is InChI=1S/C16H21N5/c1-16(2,3)18-10-15-17-7-9-21(15)12-13-11-20-8-5-4-6-14(20)19-13/h4-9,11,18H,10,12H2,1-3H3. The molecule has 0 bridgehead atoms. The molecule has 0 amide bonds. The van der Waals surface area contributed by atoms with Gasteiger partial charge in [-0.25, -0.2) is 9.97 Å². The molecule has 3 aromatic rings. The number of fused-ring (bicyclic) bond motifs is 1. The van der Waals surface area contributed by atoms with Crippen LogP contribution in [0.5, 0.6) is 0 Å². The van der Waals surface area contributed by atoms with Gasteiger partial charge in [0.05, 0.1) is 18.8 Å². The molecule has 5 nitrogen and oxygen atoms in total. The lowest BCUT2D eigenvalue weighted by Gasteiger charge is -2.20. The summed E-state index contributed by atoms with van der Waals surface area (Å²) in [5.74, 6) is 1.03. The van der Waals surface area contributed by atoms with Crippen LogP contribution in [0.1, 0.15) is 32.3 Å². The van der Waals surface area contributed by atoms with Gasteiger partial charge in [-0.05, 0) is 32.9 Å². The first-order valence-corrected chi connectivity index (χ1v) is 7.19. The van der Waals surface area contributed by atoms with Crippen molar-refractivity contribution in [1.29, 1.82) is 0 Å². The maximum atomic E-state index is 4.63. The van der Waals surface area contributed by atoms with Gasteiger partial charge in [-0.2, -0.15) is 0 Å². The number of nitrogens with one attached hydrogen (secondary N) is 1. The lowest BCUT2D eigenvalue weighted by molar-refractivity contribution is 0.413. The van der Waals surface area contributed by atoms with Crippen molar-refractivity contribution in [3.05, 3.63) is 54.5 Å². The first kappa shape index (κ1) is 13.8. The fourth-order valence-electron chi connectivity index (χ4n) is 2.23. The second-order valence-electron chi connectivity index (χ2n) is 6.27. The topological polar surface area (TPSA) is 47.2 Å². The van der Waals surface area contributed by atoms with Gasteiger partial charge in [-0.3, -0.25) is 0 Å². The summed E-state index contributed by atoms with van der Waals surface area (Å²) in [6, 6.07) is 6.02. The molecular formula is C16H21N5. The van der Waals surface area contributed by atoms with Crippen molar-refractivity contribution in [2.45, 2.75) is 39.4 Å². The van der Waals surface area contributed by atoms with E-state index in [0.29, 0.717) is 0 Å². The highest BCUT2D eigenvalue weighted by molar-refractivity contribution is 5.39. The predicted octanol–water partition coefficient (Wildman–Crippen LogP) is 2.47. The van der Waals surface area contributed by atoms with Crippen LogP contribution in [0, 0.1) is 0 Å². The molecule has 3 rings (SSSR count). The molecule has 0 aliphatic heterocycles. The molecule has 110 valence electrons. The van der Waals surface area contributed by atoms with E-state index in [9.17, 15) is 0 Å². The first-order chi connectivity index (χ1) is 10.0. The Hall–Kier alpha value is -2.14. The van der Waals surface area contributed by atoms with E-state index < -0.39 is 0 Å². The van der Waals surface area contributed by atoms with Gasteiger partial charge in [-0.15, -0.1) is 0 Å². The maximum absolute atomic E-state index is 4.63. The second-order valence-corrected chi connectivity index (χ2v) is 6.27. The van der Waals surface area contributed by atoms with E-state index in [0.717, 1.165) is 30.3 Å². The third-order valence-electron chi connectivity index (χ3n) is 3.32. The number of imidazole rings is 2. The average molecular weight is 283 g/mol. The Kier molecular flexibility index (Phi) is 3.51. The molecule has 3 heterocycles. The van der Waals surface area contributed by atoms with Crippen LogP contribution in [-0.4, -0.2) is 24.5 Å². The van der Waals surface area contributed by atoms with E-state index >= 15 is 0 Å². The van der Waals surface area contributed by atoms with Crippen LogP contribution >= 0.6 is 0 Å². The van der Waals surface area contributed by atoms with E-state index in [2.05, 4.69) is 46.8 Å². The van der Waals surface area contributed by atoms with Crippen LogP contribution in [-0.2, 0) is 13.1 Å². The SMILES string of the molecule is CC(C)(C)NCc1nccn1Cc1cn2ccccc2n1. The Bertz CT molecular complexity index is 699. The highest BCUT2D eigenvalue weighted by Gasteiger charge is 2.11. The molecule has 0 spiro atoms. The molecular weight excluding hydrogens is 262 g/mol. The van der Waals surface area contributed by atoms with Crippen LogP contribution in [0.4, 0.5) is 0 Å². The summed E-state index contributed by atoms with van der Waals surface area (Å²) in [7, 11) is 0. The lowest BCUT2D eigenvalue weighted by Crippen LogP contribution is -2.36. The number of aromatic nitrogens is 4. The zero-order chi connectivity index (χ0) is 14.9. The van der Waals surface area contributed by atoms with Gasteiger partial charge in [0.1, 0.15) is 11.5 Å². The average Bonchev–Trinajstić information content (AvgIpc) is 3.01. The summed E-state index contributed by atoms with van der Waals surface area (Å²) in [6.45, 7) is 7.96. The minimum absolute atomic E-state index is 0.0832. The van der Waals surface area contributed by atoms with E-state index in [1.807, 2.05) is 41.2 Å². The molecule has 0 saturated carbocycles. The molecule has 5 heteroatoms. The maximum Gasteiger partial charge on any atom is 0.137 e. The first-order valence-electron chi connectivity index (χ1n) is 7.19. The molecule has 0 aromatic carbocycles. The van der Waals surface area contributed by atoms with Gasteiger partial charge >= 0.3 is 0 Å². The zero-order valence-electron chi connectivity index (χ0n) is 12.7. The molecule has 0 aliphatic rings. The third-order valence-corrected chi connectivity index (χ3v) is 3.32. The molecule has 21 heavy (non-hydrogen) atoms. The summed E-state index contributed by atoms with van der Waals surface area (Å²) in [5, 5.41) is 3.47. The van der Waals surface area contributed by atoms with Crippen molar-refractivity contribution in [3.63, 3.8) is 0 Å². The smallest absolute Gasteiger partial charge is 0.137 e. The van der Waals surface area contributed by atoms with Crippen molar-refractivity contribution >= 4 is 5.65 Å². The van der Waals surface area contributed by atoms with E-state index in [1.165, 1.54) is 0 Å². The minimum Gasteiger partial charge on any atom is -0.328 e. The highest BCUT2D eigenvalue weighted by Crippen LogP contribution is 2.09. The van der Waals surface area contributed by atoms with Crippen molar-refractivity contribution in [2.75, 3.05) is 0 Å². The van der Waals surface area contributed by atoms with Gasteiger partial charge < -0.3 is 14.3 Å². The summed E-state index contributed by atoms with van der Waals surface area (Å²) in [5.41, 5.74) is 2.10. The molecule has 3 aromatic heterocycles. The fraction of sp³-hybridized carbons (Fsp3) is 0.375. The van der Waals surface area contributed by atoms with Crippen molar-refractivity contribution in [1.82, 2.24) is 24.3 Å². The van der Waals surface area contributed by atoms with E-state index in [1.54, 1.807) is 0 Å². The van der Waals surface area contributed by atoms with Crippen molar-refractivity contribution in [2.24, 2.45) is 0 Å². The van der Waals surface area contributed by atoms with E-state index in [4.69, 9.17) is 0 Å². The molecule has 0 unspecified atom stereocenters. The largest absolute Gasteiger partial charge is 0.328 e. The predicted molar refractivity (Wildman–Crippen MR) is 83.1 cm³/mol. The van der Waals surface area contributed by atoms with Crippen LogP contribution in [0.2, 0.25) is 0 Å². The number of hydrogen-bond acceptors (Lipinski definition) is 3. The molecule has 0 fully saturated rings. The Morgan fingerprint density at radius 2 is 2.05 bits per heavy atom. The zero-order valence-corrected chi connectivity index (χ0v) is 12.7. The van der Waals surface area contributed by atoms with Gasteiger partial charge in [0, 0.05) is 30.3 Å². The number of rotatable bonds is 4. The minimum atomic E-state index is 0.0832. The normalized spacial score (nSPS) is 12.1. The summed E-state index contributed by atoms with van der Waals surface area (Å²) in [4.78, 5) is 9.07. The quantitative estimate of drug-likeness (QED) is 0.800. The monoisotopic (exact) mass is 283 g/mol. The van der Waals surface area contributed by atoms with E-state index in [-0.39, 0.29) is 5.54 Å². The molecule has 0 atom stereocenters. The second kappa shape index (κ2) is 5.33. The van der Waals surface area contributed by atoms with Crippen LogP contribution < -0.4 is 5.32 Å². The van der Waals surface area contributed by atoms with Crippen LogP contribution in [0.15, 0.2) is 43.0 Å². The number of pyridine rings is 1. The van der Waals surface area contributed by atoms with Gasteiger partial charge in [-0.1, -0.05) is 6.07 Å². The Morgan fingerprint density at radius 1 is 1.19 bits per heavy atom. The highest BCUT2D eigenvalue weighted by atomic mass is 15.1. The summed E-state index contributed by atoms with van der Waals surface area (Å²) in [6.07, 6.45) is 7.93. The molecule has 1 N–H and O–H groups in total. The Balaban J connectivity index is 1.77. The van der Waals surface area contributed by atoms with Crippen LogP contribution in [0.3, 0.4) is 0 Å². The Morgan fingerprint density at radius 3 is 2.81 bits per heavy atom. The fourth-order valence-corrected chi connectivity index (χ4v) is 2.23. The van der Waals surface area contributed by atoms with Gasteiger partial charge in [0.25, 0.3) is 0 Å². The molecule has 0 radical (unpaired) electrons. The Labute approximate surface area is 124 Å². The molecule has 0 saturated heterocycles. The van der Waals surface area contributed by atoms with Crippen molar-refractivity contribution in [3.8, 4) is 0 Å². The van der Waals surface area contributed by atoms with Gasteiger partial charge in [0.15, 0.2) is 0 Å². The number of nitrogens with zero attached hydrogens (tertiary/aromatic N) is 4. The van der Waals surface area contributed by atoms with Gasteiger partial charge in [0.2, 0.25) is 0 Å². The summed E-state index contributed by atoms with van der Waals surface area (Å²) >= 11 is 0. The number of hydrogen-bond donors (Lipinski definition) is 1.